The Kier molecular flexibility index (Phi) is 2.23. The molecule has 0 aromatic carbocycles. The Labute approximate surface area is 90.1 Å². The smallest absolute Gasteiger partial charge is 0.293 e. The third-order valence-corrected chi connectivity index (χ3v) is 4.92. The van der Waals surface area contributed by atoms with Gasteiger partial charge in [-0.25, -0.2) is 0 Å². The molecule has 0 aromatic heterocycles. The van der Waals surface area contributed by atoms with Gasteiger partial charge in [-0.05, 0) is 37.0 Å². The number of ether oxygens (including phenoxy) is 2. The van der Waals surface area contributed by atoms with E-state index >= 15 is 0 Å². The van der Waals surface area contributed by atoms with Crippen LogP contribution in [0.1, 0.15) is 25.7 Å². The van der Waals surface area contributed by atoms with Gasteiger partial charge in [0.2, 0.25) is 0 Å². The molecule has 6 unspecified atom stereocenters. The fourth-order valence-corrected chi connectivity index (χ4v) is 4.54. The third-order valence-electron chi connectivity index (χ3n) is 4.92. The van der Waals surface area contributed by atoms with E-state index in [1.165, 1.54) is 25.7 Å². The molecule has 6 atom stereocenters. The minimum absolute atomic E-state index is 0.0387. The SMILES string of the molecule is COC1C2CC(C3CCCC32)C1OC=O. The molecular weight excluding hydrogens is 192 g/mol. The Morgan fingerprint density at radius 1 is 1.07 bits per heavy atom. The molecule has 15 heavy (non-hydrogen) atoms. The Morgan fingerprint density at radius 2 is 1.73 bits per heavy atom. The van der Waals surface area contributed by atoms with Crippen molar-refractivity contribution in [2.45, 2.75) is 37.9 Å². The van der Waals surface area contributed by atoms with E-state index in [0.717, 1.165) is 11.8 Å². The molecule has 3 fully saturated rings. The van der Waals surface area contributed by atoms with Crippen molar-refractivity contribution in [1.29, 1.82) is 0 Å². The van der Waals surface area contributed by atoms with E-state index in [2.05, 4.69) is 0 Å². The van der Waals surface area contributed by atoms with E-state index in [4.69, 9.17) is 9.47 Å². The molecule has 0 saturated heterocycles. The maximum Gasteiger partial charge on any atom is 0.293 e. The molecule has 0 aromatic rings. The van der Waals surface area contributed by atoms with Crippen LogP contribution < -0.4 is 0 Å². The highest BCUT2D eigenvalue weighted by atomic mass is 16.6. The van der Waals surface area contributed by atoms with Gasteiger partial charge in [0, 0.05) is 13.0 Å². The Morgan fingerprint density at radius 3 is 2.33 bits per heavy atom. The Bertz CT molecular complexity index is 266. The second-order valence-electron chi connectivity index (χ2n) is 5.22. The molecule has 0 heterocycles. The van der Waals surface area contributed by atoms with Gasteiger partial charge in [-0.2, -0.15) is 0 Å². The van der Waals surface area contributed by atoms with E-state index < -0.39 is 0 Å². The predicted octanol–water partition coefficient (Wildman–Crippen LogP) is 1.61. The van der Waals surface area contributed by atoms with Crippen molar-refractivity contribution >= 4 is 6.47 Å². The lowest BCUT2D eigenvalue weighted by Crippen LogP contribution is -2.42. The van der Waals surface area contributed by atoms with Gasteiger partial charge in [0.05, 0.1) is 6.10 Å². The zero-order valence-corrected chi connectivity index (χ0v) is 9.09. The molecule has 0 amide bonds. The van der Waals surface area contributed by atoms with Gasteiger partial charge in [-0.1, -0.05) is 6.42 Å². The van der Waals surface area contributed by atoms with Crippen LogP contribution in [0.25, 0.3) is 0 Å². The lowest BCUT2D eigenvalue weighted by molar-refractivity contribution is -0.149. The zero-order chi connectivity index (χ0) is 10.4. The van der Waals surface area contributed by atoms with Crippen LogP contribution in [0, 0.1) is 23.7 Å². The van der Waals surface area contributed by atoms with Crippen molar-refractivity contribution in [3.8, 4) is 0 Å². The van der Waals surface area contributed by atoms with Gasteiger partial charge in [0.1, 0.15) is 6.10 Å². The number of carbonyl (C=O) groups excluding carboxylic acids is 1. The first-order chi connectivity index (χ1) is 7.36. The average molecular weight is 210 g/mol. The van der Waals surface area contributed by atoms with Crippen molar-refractivity contribution in [3.63, 3.8) is 0 Å². The van der Waals surface area contributed by atoms with Gasteiger partial charge in [-0.3, -0.25) is 4.79 Å². The van der Waals surface area contributed by atoms with Crippen LogP contribution in [-0.2, 0) is 14.3 Å². The molecule has 3 saturated carbocycles. The minimum Gasteiger partial charge on any atom is -0.461 e. The highest BCUT2D eigenvalue weighted by molar-refractivity contribution is 5.38. The van der Waals surface area contributed by atoms with Gasteiger partial charge in [0.25, 0.3) is 6.47 Å². The number of hydrogen-bond donors (Lipinski definition) is 0. The Balaban J connectivity index is 1.84. The molecule has 3 aliphatic carbocycles. The molecule has 3 rings (SSSR count). The van der Waals surface area contributed by atoms with Gasteiger partial charge in [-0.15, -0.1) is 0 Å². The summed E-state index contributed by atoms with van der Waals surface area (Å²) in [5, 5.41) is 0. The summed E-state index contributed by atoms with van der Waals surface area (Å²) in [6.45, 7) is 0.599. The van der Waals surface area contributed by atoms with E-state index in [9.17, 15) is 4.79 Å². The van der Waals surface area contributed by atoms with Crippen LogP contribution in [0.3, 0.4) is 0 Å². The van der Waals surface area contributed by atoms with Crippen molar-refractivity contribution in [3.05, 3.63) is 0 Å². The first-order valence-electron chi connectivity index (χ1n) is 5.98. The first-order valence-corrected chi connectivity index (χ1v) is 5.98. The highest BCUT2D eigenvalue weighted by Gasteiger charge is 2.60. The van der Waals surface area contributed by atoms with Crippen LogP contribution in [0.2, 0.25) is 0 Å². The summed E-state index contributed by atoms with van der Waals surface area (Å²) in [6.07, 6.45) is 5.47. The molecule has 0 radical (unpaired) electrons. The van der Waals surface area contributed by atoms with E-state index in [1.54, 1.807) is 7.11 Å². The maximum absolute atomic E-state index is 10.5. The topological polar surface area (TPSA) is 35.5 Å². The van der Waals surface area contributed by atoms with Crippen LogP contribution in [0.4, 0.5) is 0 Å². The first kappa shape index (κ1) is 9.64. The zero-order valence-electron chi connectivity index (χ0n) is 9.09. The summed E-state index contributed by atoms with van der Waals surface area (Å²) < 4.78 is 10.8. The fraction of sp³-hybridized carbons (Fsp3) is 0.917. The molecule has 0 N–H and O–H groups in total. The number of methoxy groups -OCH3 is 1. The van der Waals surface area contributed by atoms with Crippen molar-refractivity contribution in [2.75, 3.05) is 7.11 Å². The number of hydrogen-bond acceptors (Lipinski definition) is 3. The normalized spacial score (nSPS) is 51.8. The summed E-state index contributed by atoms with van der Waals surface area (Å²) >= 11 is 0. The number of rotatable bonds is 3. The van der Waals surface area contributed by atoms with Crippen LogP contribution >= 0.6 is 0 Å². The lowest BCUT2D eigenvalue weighted by atomic mass is 9.78. The van der Waals surface area contributed by atoms with Gasteiger partial charge in [0.15, 0.2) is 0 Å². The highest BCUT2D eigenvalue weighted by Crippen LogP contribution is 2.59. The molecule has 3 nitrogen and oxygen atoms in total. The summed E-state index contributed by atoms with van der Waals surface area (Å²) in [7, 11) is 1.75. The second-order valence-corrected chi connectivity index (χ2v) is 5.22. The van der Waals surface area contributed by atoms with Crippen molar-refractivity contribution < 1.29 is 14.3 Å². The summed E-state index contributed by atoms with van der Waals surface area (Å²) in [4.78, 5) is 10.5. The summed E-state index contributed by atoms with van der Waals surface area (Å²) in [6, 6.07) is 0. The number of carbonyl (C=O) groups is 1. The molecular formula is C12H18O3. The maximum atomic E-state index is 10.5. The van der Waals surface area contributed by atoms with Crippen molar-refractivity contribution in [1.82, 2.24) is 0 Å². The standard InChI is InChI=1S/C12H18O3/c1-14-11-9-5-10(12(11)15-6-13)8-4-2-3-7(8)9/h6-12H,2-5H2,1H3. The van der Waals surface area contributed by atoms with Crippen molar-refractivity contribution in [2.24, 2.45) is 23.7 Å². The van der Waals surface area contributed by atoms with Crippen LogP contribution in [0.15, 0.2) is 0 Å². The van der Waals surface area contributed by atoms with Crippen LogP contribution in [-0.4, -0.2) is 25.8 Å². The largest absolute Gasteiger partial charge is 0.461 e. The number of fused-ring (bicyclic) bond motifs is 5. The van der Waals surface area contributed by atoms with Gasteiger partial charge < -0.3 is 9.47 Å². The summed E-state index contributed by atoms with van der Waals surface area (Å²) in [5.41, 5.74) is 0. The second kappa shape index (κ2) is 3.48. The van der Waals surface area contributed by atoms with E-state index in [-0.39, 0.29) is 12.2 Å². The average Bonchev–Trinajstić information content (AvgIpc) is 2.87. The molecule has 3 aliphatic rings. The monoisotopic (exact) mass is 210 g/mol. The molecule has 2 bridgehead atoms. The van der Waals surface area contributed by atoms with E-state index in [1.807, 2.05) is 0 Å². The van der Waals surface area contributed by atoms with E-state index in [0.29, 0.717) is 18.3 Å². The molecule has 0 aliphatic heterocycles. The van der Waals surface area contributed by atoms with Crippen LogP contribution in [0.5, 0.6) is 0 Å². The fourth-order valence-electron chi connectivity index (χ4n) is 4.54. The molecule has 3 heteroatoms. The molecule has 0 spiro atoms. The van der Waals surface area contributed by atoms with Gasteiger partial charge >= 0.3 is 0 Å². The quantitative estimate of drug-likeness (QED) is 0.664. The molecule has 84 valence electrons. The lowest BCUT2D eigenvalue weighted by Gasteiger charge is -2.36. The predicted molar refractivity (Wildman–Crippen MR) is 54.2 cm³/mol. The third kappa shape index (κ3) is 1.19. The Hall–Kier alpha value is -0.570. The minimum atomic E-state index is 0.0387. The summed E-state index contributed by atoms with van der Waals surface area (Å²) in [5.74, 6) is 2.90.